The van der Waals surface area contributed by atoms with Crippen LogP contribution in [0.25, 0.3) is 10.9 Å². The van der Waals surface area contributed by atoms with Crippen LogP contribution < -0.4 is 0 Å². The Morgan fingerprint density at radius 2 is 2.10 bits per heavy atom. The number of hydrogen-bond donors (Lipinski definition) is 1. The van der Waals surface area contributed by atoms with E-state index in [9.17, 15) is 13.2 Å². The normalized spacial score (nSPS) is 20.8. The van der Waals surface area contributed by atoms with E-state index in [0.29, 0.717) is 12.1 Å². The van der Waals surface area contributed by atoms with Gasteiger partial charge in [0.25, 0.3) is 5.91 Å². The fourth-order valence-electron chi connectivity index (χ4n) is 2.80. The third-order valence-electron chi connectivity index (χ3n) is 4.08. The lowest BCUT2D eigenvalue weighted by molar-refractivity contribution is 0.0743. The summed E-state index contributed by atoms with van der Waals surface area (Å²) < 4.78 is 23.1. The van der Waals surface area contributed by atoms with E-state index in [1.165, 1.54) is 0 Å². The predicted molar refractivity (Wildman–Crippen MR) is 82.2 cm³/mol. The number of carbonyl (C=O) groups is 1. The van der Waals surface area contributed by atoms with Gasteiger partial charge >= 0.3 is 0 Å². The van der Waals surface area contributed by atoms with Gasteiger partial charge in [0.05, 0.1) is 11.5 Å². The van der Waals surface area contributed by atoms with Gasteiger partial charge in [0, 0.05) is 24.0 Å². The van der Waals surface area contributed by atoms with Gasteiger partial charge < -0.3 is 9.88 Å². The summed E-state index contributed by atoms with van der Waals surface area (Å²) in [5, 5.41) is 0.991. The lowest BCUT2D eigenvalue weighted by Crippen LogP contribution is -2.37. The van der Waals surface area contributed by atoms with Gasteiger partial charge in [-0.05, 0) is 31.5 Å². The summed E-state index contributed by atoms with van der Waals surface area (Å²) in [6.07, 6.45) is 0.518. The van der Waals surface area contributed by atoms with E-state index in [0.717, 1.165) is 16.5 Å². The van der Waals surface area contributed by atoms with Crippen molar-refractivity contribution in [3.8, 4) is 0 Å². The fourth-order valence-corrected chi connectivity index (χ4v) is 4.58. The van der Waals surface area contributed by atoms with E-state index in [1.807, 2.05) is 31.2 Å². The number of sulfone groups is 1. The van der Waals surface area contributed by atoms with E-state index in [4.69, 9.17) is 0 Å². The third kappa shape index (κ3) is 2.68. The topological polar surface area (TPSA) is 70.2 Å². The van der Waals surface area contributed by atoms with Crippen LogP contribution in [0.2, 0.25) is 0 Å². The molecule has 112 valence electrons. The molecular formula is C15H18N2O3S. The first-order chi connectivity index (χ1) is 9.85. The van der Waals surface area contributed by atoms with Gasteiger partial charge in [0.2, 0.25) is 0 Å². The van der Waals surface area contributed by atoms with E-state index in [1.54, 1.807) is 11.9 Å². The zero-order valence-corrected chi connectivity index (χ0v) is 12.9. The minimum Gasteiger partial charge on any atom is -0.351 e. The summed E-state index contributed by atoms with van der Waals surface area (Å²) in [4.78, 5) is 17.1. The molecule has 3 rings (SSSR count). The van der Waals surface area contributed by atoms with Gasteiger partial charge in [-0.15, -0.1) is 0 Å². The second kappa shape index (κ2) is 4.87. The van der Waals surface area contributed by atoms with Crippen LogP contribution in [0, 0.1) is 6.92 Å². The van der Waals surface area contributed by atoms with Crippen LogP contribution in [-0.2, 0) is 9.84 Å². The number of aromatic nitrogens is 1. The highest BCUT2D eigenvalue weighted by molar-refractivity contribution is 7.91. The van der Waals surface area contributed by atoms with Crippen molar-refractivity contribution in [2.24, 2.45) is 0 Å². The van der Waals surface area contributed by atoms with Crippen molar-refractivity contribution < 1.29 is 13.2 Å². The number of aromatic amines is 1. The number of benzene rings is 1. The number of amides is 1. The maximum Gasteiger partial charge on any atom is 0.270 e. The Kier molecular flexibility index (Phi) is 3.28. The molecule has 21 heavy (non-hydrogen) atoms. The molecule has 1 atom stereocenters. The highest BCUT2D eigenvalue weighted by atomic mass is 32.2. The van der Waals surface area contributed by atoms with E-state index in [2.05, 4.69) is 4.98 Å². The highest BCUT2D eigenvalue weighted by Crippen LogP contribution is 2.21. The molecular weight excluding hydrogens is 288 g/mol. The first kappa shape index (κ1) is 14.1. The molecule has 1 aliphatic rings. The van der Waals surface area contributed by atoms with Gasteiger partial charge in [0.15, 0.2) is 9.84 Å². The van der Waals surface area contributed by atoms with Gasteiger partial charge in [-0.1, -0.05) is 11.6 Å². The van der Waals surface area contributed by atoms with Gasteiger partial charge in [-0.3, -0.25) is 4.79 Å². The molecule has 1 aromatic carbocycles. The lowest BCUT2D eigenvalue weighted by atomic mass is 10.2. The molecule has 1 saturated heterocycles. The van der Waals surface area contributed by atoms with Gasteiger partial charge in [-0.25, -0.2) is 8.42 Å². The van der Waals surface area contributed by atoms with Crippen molar-refractivity contribution in [1.82, 2.24) is 9.88 Å². The zero-order valence-electron chi connectivity index (χ0n) is 12.1. The summed E-state index contributed by atoms with van der Waals surface area (Å²) in [6, 6.07) is 7.55. The molecule has 1 aliphatic heterocycles. The molecule has 6 heteroatoms. The maximum atomic E-state index is 12.5. The predicted octanol–water partition coefficient (Wildman–Crippen LogP) is 1.74. The molecule has 1 aromatic heterocycles. The number of fused-ring (bicyclic) bond motifs is 1. The quantitative estimate of drug-likeness (QED) is 0.918. The largest absolute Gasteiger partial charge is 0.351 e. The second-order valence-electron chi connectivity index (χ2n) is 5.75. The van der Waals surface area contributed by atoms with Crippen molar-refractivity contribution in [3.63, 3.8) is 0 Å². The van der Waals surface area contributed by atoms with Crippen LogP contribution >= 0.6 is 0 Å². The Morgan fingerprint density at radius 1 is 1.33 bits per heavy atom. The molecule has 1 amide bonds. The number of nitrogens with one attached hydrogen (secondary N) is 1. The van der Waals surface area contributed by atoms with Crippen molar-refractivity contribution in [2.45, 2.75) is 19.4 Å². The Balaban J connectivity index is 1.86. The SMILES string of the molecule is Cc1ccc2[nH]c(C(=O)N(C)C3CCS(=O)(=O)C3)cc2c1. The molecule has 0 bridgehead atoms. The number of nitrogens with zero attached hydrogens (tertiary/aromatic N) is 1. The van der Waals surface area contributed by atoms with E-state index in [-0.39, 0.29) is 23.5 Å². The Hall–Kier alpha value is -1.82. The maximum absolute atomic E-state index is 12.5. The third-order valence-corrected chi connectivity index (χ3v) is 5.83. The first-order valence-electron chi connectivity index (χ1n) is 6.93. The Morgan fingerprint density at radius 3 is 2.76 bits per heavy atom. The summed E-state index contributed by atoms with van der Waals surface area (Å²) in [5.41, 5.74) is 2.55. The first-order valence-corrected chi connectivity index (χ1v) is 8.75. The van der Waals surface area contributed by atoms with Crippen LogP contribution in [-0.4, -0.2) is 48.8 Å². The molecule has 2 aromatic rings. The molecule has 0 aliphatic carbocycles. The minimum absolute atomic E-state index is 0.0641. The van der Waals surface area contributed by atoms with E-state index < -0.39 is 9.84 Å². The Labute approximate surface area is 123 Å². The van der Waals surface area contributed by atoms with Crippen LogP contribution in [0.1, 0.15) is 22.5 Å². The smallest absolute Gasteiger partial charge is 0.270 e. The molecule has 0 saturated carbocycles. The molecule has 1 fully saturated rings. The number of hydrogen-bond acceptors (Lipinski definition) is 3. The number of H-pyrrole nitrogens is 1. The van der Waals surface area contributed by atoms with Crippen molar-refractivity contribution in [1.29, 1.82) is 0 Å². The summed E-state index contributed by atoms with van der Waals surface area (Å²) in [5.74, 6) is 0.0707. The lowest BCUT2D eigenvalue weighted by Gasteiger charge is -2.22. The molecule has 1 unspecified atom stereocenters. The monoisotopic (exact) mass is 306 g/mol. The average molecular weight is 306 g/mol. The van der Waals surface area contributed by atoms with Gasteiger partial charge in [-0.2, -0.15) is 0 Å². The Bertz CT molecular complexity index is 807. The number of carbonyl (C=O) groups excluding carboxylic acids is 1. The molecule has 2 heterocycles. The summed E-state index contributed by atoms with van der Waals surface area (Å²) >= 11 is 0. The van der Waals surface area contributed by atoms with Gasteiger partial charge in [0.1, 0.15) is 5.69 Å². The van der Waals surface area contributed by atoms with Crippen molar-refractivity contribution in [3.05, 3.63) is 35.5 Å². The van der Waals surface area contributed by atoms with Crippen LogP contribution in [0.3, 0.4) is 0 Å². The molecule has 0 radical (unpaired) electrons. The number of aryl methyl sites for hydroxylation is 1. The van der Waals surface area contributed by atoms with Crippen LogP contribution in [0.5, 0.6) is 0 Å². The summed E-state index contributed by atoms with van der Waals surface area (Å²) in [7, 11) is -1.32. The standard InChI is InChI=1S/C15H18N2O3S/c1-10-3-4-13-11(7-10)8-14(16-13)15(18)17(2)12-5-6-21(19,20)9-12/h3-4,7-8,12,16H,5-6,9H2,1-2H3. The van der Waals surface area contributed by atoms with Crippen molar-refractivity contribution in [2.75, 3.05) is 18.6 Å². The average Bonchev–Trinajstić information content (AvgIpc) is 2.99. The summed E-state index contributed by atoms with van der Waals surface area (Å²) in [6.45, 7) is 2.00. The van der Waals surface area contributed by atoms with Crippen LogP contribution in [0.4, 0.5) is 0 Å². The molecule has 0 spiro atoms. The van der Waals surface area contributed by atoms with Crippen molar-refractivity contribution >= 4 is 26.6 Å². The molecule has 5 nitrogen and oxygen atoms in total. The zero-order chi connectivity index (χ0) is 15.2. The van der Waals surface area contributed by atoms with Crippen LogP contribution in [0.15, 0.2) is 24.3 Å². The fraction of sp³-hybridized carbons (Fsp3) is 0.400. The number of rotatable bonds is 2. The van der Waals surface area contributed by atoms with E-state index >= 15 is 0 Å². The minimum atomic E-state index is -2.99. The highest BCUT2D eigenvalue weighted by Gasteiger charge is 2.33. The second-order valence-corrected chi connectivity index (χ2v) is 7.98. The molecule has 1 N–H and O–H groups in total.